The molecule has 1 aliphatic carbocycles. The lowest BCUT2D eigenvalue weighted by Crippen LogP contribution is -2.43. The SMILES string of the molecule is CC(C)[Si](C#Cc1ccccc1C=C=C(c1ccc(N(c2ccc(Br)cc2)c2ccc(Br)cc2)cc1)C1CC1)(C(C)C)C(C)C. The van der Waals surface area contributed by atoms with E-state index in [1.165, 1.54) is 24.0 Å². The minimum absolute atomic E-state index is 0.558. The van der Waals surface area contributed by atoms with Crippen molar-refractivity contribution in [3.63, 3.8) is 0 Å². The topological polar surface area (TPSA) is 3.24 Å². The molecule has 4 aromatic carbocycles. The Morgan fingerprint density at radius 1 is 0.689 bits per heavy atom. The summed E-state index contributed by atoms with van der Waals surface area (Å²) in [5.74, 6) is 4.24. The Morgan fingerprint density at radius 2 is 1.16 bits per heavy atom. The fourth-order valence-corrected chi connectivity index (χ4v) is 12.5. The molecule has 0 spiro atoms. The highest BCUT2D eigenvalue weighted by atomic mass is 79.9. The Morgan fingerprint density at radius 3 is 1.62 bits per heavy atom. The van der Waals surface area contributed by atoms with Gasteiger partial charge in [0.25, 0.3) is 0 Å². The average molecular weight is 738 g/mol. The predicted octanol–water partition coefficient (Wildman–Crippen LogP) is 13.4. The molecule has 0 aliphatic heterocycles. The van der Waals surface area contributed by atoms with Crippen LogP contribution in [-0.4, -0.2) is 8.07 Å². The van der Waals surface area contributed by atoms with E-state index in [0.717, 1.165) is 37.1 Å². The molecule has 0 N–H and O–H groups in total. The lowest BCUT2D eigenvalue weighted by Gasteiger charge is -2.38. The Kier molecular flexibility index (Phi) is 10.8. The molecule has 0 amide bonds. The van der Waals surface area contributed by atoms with Crippen LogP contribution in [0.5, 0.6) is 0 Å². The number of hydrogen-bond donors (Lipinski definition) is 0. The largest absolute Gasteiger partial charge is 0.311 e. The lowest BCUT2D eigenvalue weighted by molar-refractivity contribution is 0.838. The standard InChI is InChI=1S/C41H43Br2NSi/c1-29(2)45(30(3)4,31(5)6)28-27-33-10-8-7-9-32(33)15-26-41(34-11-12-34)35-13-20-38(21-14-35)44(39-22-16-36(42)17-23-39)40-24-18-37(43)19-25-40/h7-10,13-25,29-31,34H,11-12H2,1-6H3. The van der Waals surface area contributed by atoms with Gasteiger partial charge in [-0.15, -0.1) is 11.3 Å². The van der Waals surface area contributed by atoms with E-state index in [2.05, 4.69) is 199 Å². The van der Waals surface area contributed by atoms with Crippen LogP contribution in [-0.2, 0) is 0 Å². The molecule has 4 heteroatoms. The van der Waals surface area contributed by atoms with Gasteiger partial charge in [0.15, 0.2) is 0 Å². The summed E-state index contributed by atoms with van der Waals surface area (Å²) in [6.45, 7) is 14.2. The van der Waals surface area contributed by atoms with Crippen LogP contribution in [0.25, 0.3) is 11.6 Å². The quantitative estimate of drug-likeness (QED) is 0.0939. The normalized spacial score (nSPS) is 13.0. The van der Waals surface area contributed by atoms with Gasteiger partial charge in [0, 0.05) is 37.1 Å². The van der Waals surface area contributed by atoms with E-state index in [-0.39, 0.29) is 0 Å². The van der Waals surface area contributed by atoms with E-state index in [4.69, 9.17) is 0 Å². The van der Waals surface area contributed by atoms with Crippen LogP contribution in [0.3, 0.4) is 0 Å². The molecule has 1 nitrogen and oxygen atoms in total. The molecule has 0 bridgehead atoms. The maximum Gasteiger partial charge on any atom is 0.146 e. The first-order valence-corrected chi connectivity index (χ1v) is 19.9. The number of anilines is 3. The van der Waals surface area contributed by atoms with E-state index in [9.17, 15) is 0 Å². The van der Waals surface area contributed by atoms with Crippen LogP contribution in [0.15, 0.2) is 112 Å². The molecule has 4 aromatic rings. The van der Waals surface area contributed by atoms with Crippen molar-refractivity contribution < 1.29 is 0 Å². The zero-order valence-corrected chi connectivity index (χ0v) is 31.4. The maximum atomic E-state index is 3.92. The molecule has 1 fully saturated rings. The molecule has 0 atom stereocenters. The smallest absolute Gasteiger partial charge is 0.146 e. The number of halogens is 2. The Balaban J connectivity index is 1.51. The van der Waals surface area contributed by atoms with Crippen LogP contribution in [0.4, 0.5) is 17.1 Å². The number of rotatable bonds is 9. The van der Waals surface area contributed by atoms with Gasteiger partial charge in [-0.3, -0.25) is 0 Å². The third-order valence-electron chi connectivity index (χ3n) is 9.22. The molecule has 0 aromatic heterocycles. The highest BCUT2D eigenvalue weighted by Crippen LogP contribution is 2.43. The third-order valence-corrected chi connectivity index (χ3v) is 16.6. The summed E-state index contributed by atoms with van der Waals surface area (Å²) >= 11 is 7.18. The molecule has 1 saturated carbocycles. The van der Waals surface area contributed by atoms with Crippen LogP contribution >= 0.6 is 31.9 Å². The van der Waals surface area contributed by atoms with Gasteiger partial charge in [-0.2, -0.15) is 0 Å². The monoisotopic (exact) mass is 735 g/mol. The van der Waals surface area contributed by atoms with Crippen molar-refractivity contribution in [1.29, 1.82) is 0 Å². The van der Waals surface area contributed by atoms with Crippen molar-refractivity contribution in [2.75, 3.05) is 4.90 Å². The molecule has 230 valence electrons. The summed E-state index contributed by atoms with van der Waals surface area (Å²) in [6.07, 6.45) is 4.61. The molecule has 0 unspecified atom stereocenters. The molecular formula is C41H43Br2NSi. The predicted molar refractivity (Wildman–Crippen MR) is 205 cm³/mol. The van der Waals surface area contributed by atoms with Gasteiger partial charge < -0.3 is 4.90 Å². The summed E-state index contributed by atoms with van der Waals surface area (Å²) in [7, 11) is -1.82. The van der Waals surface area contributed by atoms with Gasteiger partial charge in [-0.05, 0) is 119 Å². The summed E-state index contributed by atoms with van der Waals surface area (Å²) in [6, 6.07) is 34.5. The van der Waals surface area contributed by atoms with E-state index in [1.807, 2.05) is 0 Å². The van der Waals surface area contributed by atoms with Crippen molar-refractivity contribution in [2.45, 2.75) is 71.0 Å². The molecule has 0 radical (unpaired) electrons. The fourth-order valence-electron chi connectivity index (χ4n) is 6.73. The molecular weight excluding hydrogens is 694 g/mol. The van der Waals surface area contributed by atoms with Crippen molar-refractivity contribution in [3.05, 3.63) is 128 Å². The number of allylic oxidation sites excluding steroid dienone is 1. The zero-order chi connectivity index (χ0) is 32.1. The summed E-state index contributed by atoms with van der Waals surface area (Å²) in [5.41, 5.74) is 17.6. The van der Waals surface area contributed by atoms with Crippen molar-refractivity contribution >= 4 is 68.6 Å². The first-order chi connectivity index (χ1) is 21.6. The molecule has 45 heavy (non-hydrogen) atoms. The molecule has 1 aliphatic rings. The lowest BCUT2D eigenvalue weighted by atomic mass is 10.0. The number of hydrogen-bond acceptors (Lipinski definition) is 1. The van der Waals surface area contributed by atoms with Crippen LogP contribution in [0, 0.1) is 17.4 Å². The Bertz CT molecular complexity index is 1660. The number of nitrogens with zero attached hydrogens (tertiary/aromatic N) is 1. The van der Waals surface area contributed by atoms with Gasteiger partial charge in [-0.1, -0.05) is 110 Å². The van der Waals surface area contributed by atoms with Crippen molar-refractivity contribution in [1.82, 2.24) is 0 Å². The van der Waals surface area contributed by atoms with Crippen LogP contribution < -0.4 is 4.90 Å². The second kappa shape index (κ2) is 14.6. The zero-order valence-electron chi connectivity index (χ0n) is 27.2. The van der Waals surface area contributed by atoms with E-state index >= 15 is 0 Å². The second-order valence-electron chi connectivity index (χ2n) is 13.0. The van der Waals surface area contributed by atoms with E-state index in [1.54, 1.807) is 0 Å². The van der Waals surface area contributed by atoms with E-state index < -0.39 is 8.07 Å². The fraction of sp³-hybridized carbons (Fsp3) is 0.293. The summed E-state index contributed by atoms with van der Waals surface area (Å²) in [5, 5.41) is 0. The Labute approximate surface area is 288 Å². The second-order valence-corrected chi connectivity index (χ2v) is 20.5. The van der Waals surface area contributed by atoms with Gasteiger partial charge in [-0.25, -0.2) is 0 Å². The first-order valence-electron chi connectivity index (χ1n) is 16.1. The average Bonchev–Trinajstić information content (AvgIpc) is 3.86. The van der Waals surface area contributed by atoms with Gasteiger partial charge in [0.05, 0.1) is 0 Å². The van der Waals surface area contributed by atoms with Gasteiger partial charge in [0.1, 0.15) is 8.07 Å². The van der Waals surface area contributed by atoms with Gasteiger partial charge >= 0.3 is 0 Å². The van der Waals surface area contributed by atoms with Gasteiger partial charge in [0.2, 0.25) is 0 Å². The highest BCUT2D eigenvalue weighted by Gasteiger charge is 2.41. The van der Waals surface area contributed by atoms with Crippen LogP contribution in [0.1, 0.15) is 71.1 Å². The minimum Gasteiger partial charge on any atom is -0.311 e. The third kappa shape index (κ3) is 7.67. The highest BCUT2D eigenvalue weighted by molar-refractivity contribution is 9.10. The summed E-state index contributed by atoms with van der Waals surface area (Å²) in [4.78, 5) is 2.29. The molecule has 5 rings (SSSR count). The van der Waals surface area contributed by atoms with Crippen molar-refractivity contribution in [2.24, 2.45) is 5.92 Å². The Hall–Kier alpha value is -3.06. The van der Waals surface area contributed by atoms with E-state index in [0.29, 0.717) is 22.5 Å². The molecule has 0 saturated heterocycles. The maximum absolute atomic E-state index is 3.92. The number of benzene rings is 4. The van der Waals surface area contributed by atoms with Crippen molar-refractivity contribution in [3.8, 4) is 11.5 Å². The van der Waals surface area contributed by atoms with Crippen LogP contribution in [0.2, 0.25) is 16.6 Å². The minimum atomic E-state index is -1.82. The summed E-state index contributed by atoms with van der Waals surface area (Å²) < 4.78 is 2.13. The first kappa shape index (κ1) is 33.3. The molecule has 0 heterocycles.